The largest absolute Gasteiger partial charge is 0.494 e. The Morgan fingerprint density at radius 1 is 1.18 bits per heavy atom. The van der Waals surface area contributed by atoms with E-state index in [-0.39, 0.29) is 5.75 Å². The van der Waals surface area contributed by atoms with Crippen LogP contribution in [0.1, 0.15) is 44.1 Å². The molecule has 17 heavy (non-hydrogen) atoms. The van der Waals surface area contributed by atoms with E-state index in [0.29, 0.717) is 18.4 Å². The number of halogens is 1. The fraction of sp³-hybridized carbons (Fsp3) is 0.571. The van der Waals surface area contributed by atoms with Crippen LogP contribution >= 0.6 is 0 Å². The van der Waals surface area contributed by atoms with E-state index in [4.69, 9.17) is 4.74 Å². The Morgan fingerprint density at radius 2 is 1.82 bits per heavy atom. The number of aliphatic hydroxyl groups is 1. The highest BCUT2D eigenvalue weighted by Gasteiger charge is 2.33. The van der Waals surface area contributed by atoms with Crippen LogP contribution in [0.5, 0.6) is 5.75 Å². The van der Waals surface area contributed by atoms with Crippen molar-refractivity contribution >= 4 is 0 Å². The minimum Gasteiger partial charge on any atom is -0.494 e. The molecule has 0 unspecified atom stereocenters. The summed E-state index contributed by atoms with van der Waals surface area (Å²) >= 11 is 0. The summed E-state index contributed by atoms with van der Waals surface area (Å²) in [4.78, 5) is 0. The Bertz CT molecular complexity index is 382. The maximum atomic E-state index is 14.2. The van der Waals surface area contributed by atoms with Gasteiger partial charge in [-0.1, -0.05) is 37.8 Å². The predicted molar refractivity (Wildman–Crippen MR) is 64.6 cm³/mol. The Kier molecular flexibility index (Phi) is 3.67. The molecule has 1 aromatic carbocycles. The Labute approximate surface area is 101 Å². The van der Waals surface area contributed by atoms with Crippen molar-refractivity contribution in [3.63, 3.8) is 0 Å². The molecule has 94 valence electrons. The molecule has 1 fully saturated rings. The van der Waals surface area contributed by atoms with Crippen molar-refractivity contribution in [2.75, 3.05) is 7.11 Å². The Morgan fingerprint density at radius 3 is 2.41 bits per heavy atom. The molecule has 3 heteroatoms. The maximum Gasteiger partial charge on any atom is 0.171 e. The highest BCUT2D eigenvalue weighted by molar-refractivity contribution is 5.34. The van der Waals surface area contributed by atoms with Gasteiger partial charge in [-0.25, -0.2) is 4.39 Å². The van der Waals surface area contributed by atoms with Gasteiger partial charge in [-0.15, -0.1) is 0 Å². The molecule has 1 aromatic rings. The van der Waals surface area contributed by atoms with Crippen molar-refractivity contribution in [2.24, 2.45) is 0 Å². The fourth-order valence-corrected chi connectivity index (χ4v) is 2.61. The van der Waals surface area contributed by atoms with E-state index in [1.807, 2.05) is 0 Å². The smallest absolute Gasteiger partial charge is 0.171 e. The highest BCUT2D eigenvalue weighted by Crippen LogP contribution is 2.38. The molecule has 0 amide bonds. The third-order valence-electron chi connectivity index (χ3n) is 3.62. The minimum absolute atomic E-state index is 0.208. The van der Waals surface area contributed by atoms with Gasteiger partial charge in [0.05, 0.1) is 12.7 Å². The van der Waals surface area contributed by atoms with Crippen molar-refractivity contribution in [1.82, 2.24) is 0 Å². The van der Waals surface area contributed by atoms with Crippen LogP contribution in [0.15, 0.2) is 18.2 Å². The molecule has 1 aliphatic rings. The first-order chi connectivity index (χ1) is 8.17. The second-order valence-corrected chi connectivity index (χ2v) is 4.77. The molecular formula is C14H19FO2. The lowest BCUT2D eigenvalue weighted by Gasteiger charge is -2.28. The third kappa shape index (κ3) is 2.44. The van der Waals surface area contributed by atoms with Crippen molar-refractivity contribution in [2.45, 2.75) is 44.1 Å². The minimum atomic E-state index is -1.02. The molecule has 1 N–H and O–H groups in total. The summed E-state index contributed by atoms with van der Waals surface area (Å²) in [6.45, 7) is 0. The Hall–Kier alpha value is -1.09. The number of benzene rings is 1. The number of rotatable bonds is 2. The first-order valence-corrected chi connectivity index (χ1v) is 6.23. The molecule has 0 bridgehead atoms. The van der Waals surface area contributed by atoms with Crippen molar-refractivity contribution in [3.05, 3.63) is 29.6 Å². The average Bonchev–Trinajstić information content (AvgIpc) is 2.55. The summed E-state index contributed by atoms with van der Waals surface area (Å²) in [5.74, 6) is -0.209. The fourth-order valence-electron chi connectivity index (χ4n) is 2.61. The van der Waals surface area contributed by atoms with Crippen LogP contribution in [0.2, 0.25) is 0 Å². The quantitative estimate of drug-likeness (QED) is 0.800. The lowest BCUT2D eigenvalue weighted by molar-refractivity contribution is 0.0169. The molecule has 1 saturated carbocycles. The van der Waals surface area contributed by atoms with E-state index >= 15 is 0 Å². The van der Waals surface area contributed by atoms with Gasteiger partial charge in [-0.3, -0.25) is 0 Å². The molecule has 0 saturated heterocycles. The first-order valence-electron chi connectivity index (χ1n) is 6.23. The number of hydrogen-bond acceptors (Lipinski definition) is 2. The van der Waals surface area contributed by atoms with E-state index in [0.717, 1.165) is 25.7 Å². The second-order valence-electron chi connectivity index (χ2n) is 4.77. The summed E-state index contributed by atoms with van der Waals surface area (Å²) in [5, 5.41) is 10.6. The van der Waals surface area contributed by atoms with Crippen LogP contribution in [-0.2, 0) is 5.60 Å². The molecule has 0 radical (unpaired) electrons. The number of methoxy groups -OCH3 is 1. The summed E-state index contributed by atoms with van der Waals surface area (Å²) < 4.78 is 19.1. The number of hydrogen-bond donors (Lipinski definition) is 1. The summed E-state index contributed by atoms with van der Waals surface area (Å²) in [5.41, 5.74) is -0.631. The van der Waals surface area contributed by atoms with Gasteiger partial charge in [0.25, 0.3) is 0 Å². The van der Waals surface area contributed by atoms with Gasteiger partial charge in [-0.05, 0) is 18.9 Å². The zero-order chi connectivity index (χ0) is 12.3. The molecule has 1 aliphatic carbocycles. The van der Waals surface area contributed by atoms with Crippen LogP contribution in [0.25, 0.3) is 0 Å². The lowest BCUT2D eigenvalue weighted by atomic mass is 9.86. The molecule has 0 aromatic heterocycles. The second kappa shape index (κ2) is 5.05. The van der Waals surface area contributed by atoms with Gasteiger partial charge in [-0.2, -0.15) is 0 Å². The van der Waals surface area contributed by atoms with Crippen molar-refractivity contribution < 1.29 is 14.2 Å². The average molecular weight is 238 g/mol. The van der Waals surface area contributed by atoms with Crippen LogP contribution < -0.4 is 4.74 Å². The lowest BCUT2D eigenvalue weighted by Crippen LogP contribution is -2.26. The van der Waals surface area contributed by atoms with Crippen LogP contribution in [-0.4, -0.2) is 12.2 Å². The van der Waals surface area contributed by atoms with E-state index in [1.54, 1.807) is 18.2 Å². The van der Waals surface area contributed by atoms with Gasteiger partial charge in [0.2, 0.25) is 0 Å². The SMILES string of the molecule is COc1cccc(C2(O)CCCCCC2)c1F. The molecule has 0 spiro atoms. The van der Waals surface area contributed by atoms with Crippen LogP contribution in [0.3, 0.4) is 0 Å². The Balaban J connectivity index is 2.37. The monoisotopic (exact) mass is 238 g/mol. The van der Waals surface area contributed by atoms with Crippen molar-refractivity contribution in [1.29, 1.82) is 0 Å². The third-order valence-corrected chi connectivity index (χ3v) is 3.62. The van der Waals surface area contributed by atoms with Gasteiger partial charge in [0.15, 0.2) is 11.6 Å². The van der Waals surface area contributed by atoms with E-state index in [1.165, 1.54) is 7.11 Å². The zero-order valence-corrected chi connectivity index (χ0v) is 10.2. The van der Waals surface area contributed by atoms with Gasteiger partial charge in [0, 0.05) is 5.56 Å². The summed E-state index contributed by atoms with van der Waals surface area (Å²) in [7, 11) is 1.44. The van der Waals surface area contributed by atoms with Gasteiger partial charge >= 0.3 is 0 Å². The van der Waals surface area contributed by atoms with Crippen molar-refractivity contribution in [3.8, 4) is 5.75 Å². The zero-order valence-electron chi connectivity index (χ0n) is 10.2. The maximum absolute atomic E-state index is 14.2. The van der Waals surface area contributed by atoms with Crippen LogP contribution in [0, 0.1) is 5.82 Å². The normalized spacial score (nSPS) is 19.7. The predicted octanol–water partition coefficient (Wildman–Crippen LogP) is 3.38. The number of ether oxygens (including phenoxy) is 1. The molecular weight excluding hydrogens is 219 g/mol. The van der Waals surface area contributed by atoms with E-state index in [9.17, 15) is 9.50 Å². The topological polar surface area (TPSA) is 29.5 Å². The molecule has 2 nitrogen and oxygen atoms in total. The van der Waals surface area contributed by atoms with Crippen LogP contribution in [0.4, 0.5) is 4.39 Å². The molecule has 0 atom stereocenters. The summed E-state index contributed by atoms with van der Waals surface area (Å²) in [6.07, 6.45) is 5.41. The standard InChI is InChI=1S/C14H19FO2/c1-17-12-8-6-7-11(13(12)15)14(16)9-4-2-3-5-10-14/h6-8,16H,2-5,9-10H2,1H3. The molecule has 0 aliphatic heterocycles. The molecule has 2 rings (SSSR count). The van der Waals surface area contributed by atoms with E-state index in [2.05, 4.69) is 0 Å². The van der Waals surface area contributed by atoms with Gasteiger partial charge < -0.3 is 9.84 Å². The highest BCUT2D eigenvalue weighted by atomic mass is 19.1. The van der Waals surface area contributed by atoms with Gasteiger partial charge in [0.1, 0.15) is 0 Å². The molecule has 0 heterocycles. The van der Waals surface area contributed by atoms with E-state index < -0.39 is 11.4 Å². The summed E-state index contributed by atoms with van der Waals surface area (Å²) in [6, 6.07) is 4.99. The first kappa shape index (κ1) is 12.4.